The summed E-state index contributed by atoms with van der Waals surface area (Å²) in [4.78, 5) is 14.5. The summed E-state index contributed by atoms with van der Waals surface area (Å²) in [5.41, 5.74) is 2.16. The first-order valence-electron chi connectivity index (χ1n) is 9.42. The SMILES string of the molecule is c1ccc(-c2cc(N3CCCCCC3)nc(N3CCOCC3)n2)cc1. The second-order valence-electron chi connectivity index (χ2n) is 6.78. The maximum atomic E-state index is 5.49. The molecular weight excluding hydrogens is 312 g/mol. The number of nitrogens with zero attached hydrogens (tertiary/aromatic N) is 4. The molecule has 2 aromatic rings. The fourth-order valence-electron chi connectivity index (χ4n) is 3.55. The molecule has 4 rings (SSSR count). The molecule has 2 aliphatic heterocycles. The quantitative estimate of drug-likeness (QED) is 0.858. The summed E-state index contributed by atoms with van der Waals surface area (Å²) in [5, 5.41) is 0. The van der Waals surface area contributed by atoms with Gasteiger partial charge in [-0.2, -0.15) is 4.98 Å². The third-order valence-electron chi connectivity index (χ3n) is 4.99. The Bertz CT molecular complexity index is 677. The number of hydrogen-bond donors (Lipinski definition) is 0. The van der Waals surface area contributed by atoms with E-state index in [0.717, 1.165) is 62.4 Å². The van der Waals surface area contributed by atoms with Crippen molar-refractivity contribution in [3.8, 4) is 11.3 Å². The van der Waals surface area contributed by atoms with Crippen LogP contribution in [0.25, 0.3) is 11.3 Å². The number of ether oxygens (including phenoxy) is 1. The second-order valence-corrected chi connectivity index (χ2v) is 6.78. The molecule has 0 bridgehead atoms. The van der Waals surface area contributed by atoms with Crippen molar-refractivity contribution in [3.63, 3.8) is 0 Å². The van der Waals surface area contributed by atoms with Crippen LogP contribution in [-0.4, -0.2) is 49.4 Å². The molecule has 2 saturated heterocycles. The van der Waals surface area contributed by atoms with Crippen molar-refractivity contribution in [2.75, 3.05) is 49.2 Å². The molecule has 0 atom stereocenters. The molecule has 25 heavy (non-hydrogen) atoms. The molecule has 132 valence electrons. The molecule has 0 unspecified atom stereocenters. The van der Waals surface area contributed by atoms with Crippen LogP contribution >= 0.6 is 0 Å². The fourth-order valence-corrected chi connectivity index (χ4v) is 3.55. The van der Waals surface area contributed by atoms with Gasteiger partial charge < -0.3 is 14.5 Å². The summed E-state index contributed by atoms with van der Waals surface area (Å²) in [6, 6.07) is 12.6. The minimum absolute atomic E-state index is 0.748. The highest BCUT2D eigenvalue weighted by molar-refractivity contribution is 5.65. The fraction of sp³-hybridized carbons (Fsp3) is 0.500. The summed E-state index contributed by atoms with van der Waals surface area (Å²) in [6.45, 7) is 5.40. The number of aromatic nitrogens is 2. The van der Waals surface area contributed by atoms with Gasteiger partial charge in [-0.3, -0.25) is 0 Å². The maximum absolute atomic E-state index is 5.49. The number of morpholine rings is 1. The van der Waals surface area contributed by atoms with Gasteiger partial charge in [0.1, 0.15) is 5.82 Å². The van der Waals surface area contributed by atoms with E-state index in [4.69, 9.17) is 14.7 Å². The average Bonchev–Trinajstić information content (AvgIpc) is 2.99. The van der Waals surface area contributed by atoms with E-state index >= 15 is 0 Å². The number of benzene rings is 1. The van der Waals surface area contributed by atoms with Crippen molar-refractivity contribution in [2.45, 2.75) is 25.7 Å². The zero-order valence-corrected chi connectivity index (χ0v) is 14.7. The molecule has 1 aromatic carbocycles. The predicted octanol–water partition coefficient (Wildman–Crippen LogP) is 3.36. The normalized spacial score (nSPS) is 18.9. The average molecular weight is 338 g/mol. The molecule has 5 heteroatoms. The second kappa shape index (κ2) is 7.83. The lowest BCUT2D eigenvalue weighted by atomic mass is 10.1. The van der Waals surface area contributed by atoms with Crippen molar-refractivity contribution in [1.29, 1.82) is 0 Å². The van der Waals surface area contributed by atoms with Gasteiger partial charge in [-0.1, -0.05) is 43.2 Å². The molecule has 2 fully saturated rings. The van der Waals surface area contributed by atoms with Crippen LogP contribution in [-0.2, 0) is 4.74 Å². The van der Waals surface area contributed by atoms with Gasteiger partial charge in [0.05, 0.1) is 18.9 Å². The molecule has 5 nitrogen and oxygen atoms in total. The topological polar surface area (TPSA) is 41.5 Å². The van der Waals surface area contributed by atoms with Crippen molar-refractivity contribution in [3.05, 3.63) is 36.4 Å². The van der Waals surface area contributed by atoms with Crippen molar-refractivity contribution >= 4 is 11.8 Å². The molecule has 0 radical (unpaired) electrons. The van der Waals surface area contributed by atoms with Gasteiger partial charge in [0, 0.05) is 37.8 Å². The number of hydrogen-bond acceptors (Lipinski definition) is 5. The summed E-state index contributed by atoms with van der Waals surface area (Å²) in [6.07, 6.45) is 5.14. The zero-order chi connectivity index (χ0) is 16.9. The van der Waals surface area contributed by atoms with Gasteiger partial charge in [0.25, 0.3) is 0 Å². The van der Waals surface area contributed by atoms with E-state index in [9.17, 15) is 0 Å². The van der Waals surface area contributed by atoms with Crippen molar-refractivity contribution in [2.24, 2.45) is 0 Å². The van der Waals surface area contributed by atoms with Gasteiger partial charge in [0.2, 0.25) is 5.95 Å². The van der Waals surface area contributed by atoms with Gasteiger partial charge in [-0.05, 0) is 12.8 Å². The Hall–Kier alpha value is -2.14. The van der Waals surface area contributed by atoms with Crippen LogP contribution in [0.5, 0.6) is 0 Å². The van der Waals surface area contributed by atoms with E-state index in [-0.39, 0.29) is 0 Å². The van der Waals surface area contributed by atoms with Crippen LogP contribution in [0.2, 0.25) is 0 Å². The predicted molar refractivity (Wildman–Crippen MR) is 101 cm³/mol. The Balaban J connectivity index is 1.71. The smallest absolute Gasteiger partial charge is 0.228 e. The molecule has 2 aliphatic rings. The first-order chi connectivity index (χ1) is 12.4. The van der Waals surface area contributed by atoms with Gasteiger partial charge in [-0.15, -0.1) is 0 Å². The Morgan fingerprint density at radius 3 is 2.20 bits per heavy atom. The lowest BCUT2D eigenvalue weighted by molar-refractivity contribution is 0.122. The molecule has 0 N–H and O–H groups in total. The summed E-state index contributed by atoms with van der Waals surface area (Å²) >= 11 is 0. The van der Waals surface area contributed by atoms with Crippen LogP contribution in [0.1, 0.15) is 25.7 Å². The molecule has 0 saturated carbocycles. The molecule has 0 spiro atoms. The van der Waals surface area contributed by atoms with E-state index in [0.29, 0.717) is 0 Å². The van der Waals surface area contributed by atoms with Crippen LogP contribution < -0.4 is 9.80 Å². The van der Waals surface area contributed by atoms with Crippen LogP contribution in [0.3, 0.4) is 0 Å². The Morgan fingerprint density at radius 1 is 0.760 bits per heavy atom. The van der Waals surface area contributed by atoms with E-state index in [1.165, 1.54) is 25.7 Å². The maximum Gasteiger partial charge on any atom is 0.228 e. The largest absolute Gasteiger partial charge is 0.378 e. The van der Waals surface area contributed by atoms with E-state index in [1.54, 1.807) is 0 Å². The standard InChI is InChI=1S/C20H26N4O/c1-2-7-11-23(10-6-1)19-16-18(17-8-4-3-5-9-17)21-20(22-19)24-12-14-25-15-13-24/h3-5,8-9,16H,1-2,6-7,10-15H2. The van der Waals surface area contributed by atoms with Gasteiger partial charge in [-0.25, -0.2) is 4.98 Å². The number of anilines is 2. The number of rotatable bonds is 3. The summed E-state index contributed by atoms with van der Waals surface area (Å²) < 4.78 is 5.49. The van der Waals surface area contributed by atoms with Gasteiger partial charge in [0.15, 0.2) is 0 Å². The Morgan fingerprint density at radius 2 is 1.48 bits per heavy atom. The van der Waals surface area contributed by atoms with E-state index in [2.05, 4.69) is 40.1 Å². The molecular formula is C20H26N4O. The minimum atomic E-state index is 0.748. The van der Waals surface area contributed by atoms with Gasteiger partial charge >= 0.3 is 0 Å². The van der Waals surface area contributed by atoms with E-state index in [1.807, 2.05) is 6.07 Å². The zero-order valence-electron chi connectivity index (χ0n) is 14.7. The molecule has 0 amide bonds. The third kappa shape index (κ3) is 3.93. The highest BCUT2D eigenvalue weighted by Crippen LogP contribution is 2.26. The summed E-state index contributed by atoms with van der Waals surface area (Å²) in [5.74, 6) is 1.90. The molecule has 0 aliphatic carbocycles. The first-order valence-corrected chi connectivity index (χ1v) is 9.42. The monoisotopic (exact) mass is 338 g/mol. The molecule has 1 aromatic heterocycles. The lowest BCUT2D eigenvalue weighted by Gasteiger charge is -2.29. The van der Waals surface area contributed by atoms with Crippen molar-refractivity contribution in [1.82, 2.24) is 9.97 Å². The minimum Gasteiger partial charge on any atom is -0.378 e. The third-order valence-corrected chi connectivity index (χ3v) is 4.99. The van der Waals surface area contributed by atoms with Crippen LogP contribution in [0.15, 0.2) is 36.4 Å². The van der Waals surface area contributed by atoms with Crippen LogP contribution in [0.4, 0.5) is 11.8 Å². The highest BCUT2D eigenvalue weighted by Gasteiger charge is 2.19. The summed E-state index contributed by atoms with van der Waals surface area (Å²) in [7, 11) is 0. The first kappa shape index (κ1) is 16.3. The lowest BCUT2D eigenvalue weighted by Crippen LogP contribution is -2.38. The Labute approximate surface area is 149 Å². The Kier molecular flexibility index (Phi) is 5.11. The van der Waals surface area contributed by atoms with Crippen LogP contribution in [0, 0.1) is 0 Å². The highest BCUT2D eigenvalue weighted by atomic mass is 16.5. The van der Waals surface area contributed by atoms with Crippen molar-refractivity contribution < 1.29 is 4.74 Å². The molecule has 3 heterocycles. The van der Waals surface area contributed by atoms with E-state index < -0.39 is 0 Å².